The van der Waals surface area contributed by atoms with Gasteiger partial charge in [-0.2, -0.15) is 26.3 Å². The van der Waals surface area contributed by atoms with Crippen molar-refractivity contribution in [2.45, 2.75) is 38.3 Å². The van der Waals surface area contributed by atoms with Crippen LogP contribution in [0.4, 0.5) is 38.0 Å². The third-order valence-electron chi connectivity index (χ3n) is 3.38. The summed E-state index contributed by atoms with van der Waals surface area (Å²) in [6, 6.07) is 1.36. The topological polar surface area (TPSA) is 62.7 Å². The zero-order chi connectivity index (χ0) is 20.4. The molecule has 0 aliphatic carbocycles. The lowest BCUT2D eigenvalue weighted by atomic mass is 10.3. The van der Waals surface area contributed by atoms with Crippen LogP contribution in [0.25, 0.3) is 11.5 Å². The molecule has 5 nitrogen and oxygen atoms in total. The Balaban J connectivity index is 2.44. The lowest BCUT2D eigenvalue weighted by Crippen LogP contribution is -2.34. The van der Waals surface area contributed by atoms with Gasteiger partial charge in [-0.05, 0) is 26.0 Å². The fourth-order valence-electron chi connectivity index (χ4n) is 1.85. The van der Waals surface area contributed by atoms with Crippen LogP contribution in [-0.4, -0.2) is 39.4 Å². The van der Waals surface area contributed by atoms with E-state index in [1.807, 2.05) is 0 Å². The number of alkyl halides is 6. The van der Waals surface area contributed by atoms with E-state index in [2.05, 4.69) is 25.6 Å². The van der Waals surface area contributed by atoms with Crippen molar-refractivity contribution in [3.63, 3.8) is 0 Å². The summed E-state index contributed by atoms with van der Waals surface area (Å²) in [5, 5.41) is 4.27. The molecule has 0 bridgehead atoms. The highest BCUT2D eigenvalue weighted by molar-refractivity contribution is 6.29. The average molecular weight is 414 g/mol. The summed E-state index contributed by atoms with van der Waals surface area (Å²) in [5.41, 5.74) is 0.0912. The molecule has 0 unspecified atom stereocenters. The van der Waals surface area contributed by atoms with Crippen molar-refractivity contribution in [3.05, 3.63) is 29.4 Å². The number of halogens is 7. The number of rotatable bonds is 5. The number of anilines is 2. The van der Waals surface area contributed by atoms with Gasteiger partial charge in [-0.25, -0.2) is 15.0 Å². The van der Waals surface area contributed by atoms with E-state index >= 15 is 0 Å². The summed E-state index contributed by atoms with van der Waals surface area (Å²) >= 11 is 5.77. The standard InChI is InChI=1S/C15H14ClF6N5/c1-7(14(17,18)19)23-11-6-12(24-8(2)15(20,21)22)27-13(26-11)9-4-3-5-10(16)25-9/h3-8H,1-2H3,(H2,23,24,26,27)/t7-,8-/m1/s1. The van der Waals surface area contributed by atoms with Crippen molar-refractivity contribution in [3.8, 4) is 11.5 Å². The van der Waals surface area contributed by atoms with Gasteiger partial charge in [-0.1, -0.05) is 17.7 Å². The molecule has 12 heteroatoms. The Morgan fingerprint density at radius 3 is 1.74 bits per heavy atom. The van der Waals surface area contributed by atoms with Gasteiger partial charge in [0.1, 0.15) is 34.6 Å². The summed E-state index contributed by atoms with van der Waals surface area (Å²) in [6.45, 7) is 1.70. The molecule has 0 spiro atoms. The molecule has 2 heterocycles. The quantitative estimate of drug-likeness (QED) is 0.538. The monoisotopic (exact) mass is 413 g/mol. The normalized spacial score (nSPS) is 14.6. The van der Waals surface area contributed by atoms with Crippen molar-refractivity contribution in [2.75, 3.05) is 10.6 Å². The van der Waals surface area contributed by atoms with Crippen molar-refractivity contribution in [1.29, 1.82) is 0 Å². The number of pyridine rings is 1. The van der Waals surface area contributed by atoms with Gasteiger partial charge in [0, 0.05) is 6.07 Å². The van der Waals surface area contributed by atoms with Crippen LogP contribution in [0.5, 0.6) is 0 Å². The van der Waals surface area contributed by atoms with E-state index in [-0.39, 0.29) is 28.3 Å². The van der Waals surface area contributed by atoms with Crippen molar-refractivity contribution in [2.24, 2.45) is 0 Å². The summed E-state index contributed by atoms with van der Waals surface area (Å²) in [7, 11) is 0. The molecule has 0 radical (unpaired) electrons. The van der Waals surface area contributed by atoms with Crippen LogP contribution in [0.15, 0.2) is 24.3 Å². The first kappa shape index (κ1) is 21.0. The van der Waals surface area contributed by atoms with Crippen LogP contribution in [0.1, 0.15) is 13.8 Å². The summed E-state index contributed by atoms with van der Waals surface area (Å²) in [5.74, 6) is -0.819. The molecule has 0 aromatic carbocycles. The van der Waals surface area contributed by atoms with Gasteiger partial charge in [0.05, 0.1) is 0 Å². The van der Waals surface area contributed by atoms with E-state index in [0.717, 1.165) is 19.9 Å². The third kappa shape index (κ3) is 5.84. The smallest absolute Gasteiger partial charge is 0.359 e. The molecule has 2 atom stereocenters. The predicted octanol–water partition coefficient (Wildman–Crippen LogP) is 4.92. The zero-order valence-corrected chi connectivity index (χ0v) is 14.7. The van der Waals surface area contributed by atoms with Gasteiger partial charge in [0.15, 0.2) is 5.82 Å². The van der Waals surface area contributed by atoms with E-state index in [4.69, 9.17) is 11.6 Å². The minimum Gasteiger partial charge on any atom is -0.359 e. The summed E-state index contributed by atoms with van der Waals surface area (Å²) in [6.07, 6.45) is -9.15. The van der Waals surface area contributed by atoms with Gasteiger partial charge in [-0.3, -0.25) is 0 Å². The van der Waals surface area contributed by atoms with Gasteiger partial charge >= 0.3 is 12.4 Å². The predicted molar refractivity (Wildman–Crippen MR) is 88.6 cm³/mol. The van der Waals surface area contributed by atoms with Crippen molar-refractivity contribution < 1.29 is 26.3 Å². The summed E-state index contributed by atoms with van der Waals surface area (Å²) < 4.78 is 76.7. The Kier molecular flexibility index (Phi) is 6.03. The summed E-state index contributed by atoms with van der Waals surface area (Å²) in [4.78, 5) is 11.7. The Morgan fingerprint density at radius 1 is 0.852 bits per heavy atom. The second kappa shape index (κ2) is 7.75. The van der Waals surface area contributed by atoms with Crippen LogP contribution in [0, 0.1) is 0 Å². The minimum atomic E-state index is -4.58. The number of nitrogens with one attached hydrogen (secondary N) is 2. The van der Waals surface area contributed by atoms with E-state index in [0.29, 0.717) is 0 Å². The second-order valence-corrected chi connectivity index (χ2v) is 6.01. The van der Waals surface area contributed by atoms with E-state index in [1.165, 1.54) is 18.2 Å². The molecule has 0 saturated carbocycles. The first-order valence-electron chi connectivity index (χ1n) is 7.55. The van der Waals surface area contributed by atoms with Gasteiger partial charge < -0.3 is 10.6 Å². The Hall–Kier alpha value is -2.30. The molecule has 2 aromatic rings. The molecular formula is C15H14ClF6N5. The fourth-order valence-corrected chi connectivity index (χ4v) is 2.01. The molecule has 2 aromatic heterocycles. The highest BCUT2D eigenvalue weighted by Crippen LogP contribution is 2.27. The van der Waals surface area contributed by atoms with Crippen LogP contribution in [0.3, 0.4) is 0 Å². The van der Waals surface area contributed by atoms with Gasteiger partial charge in [0.2, 0.25) is 0 Å². The molecular weight excluding hydrogens is 400 g/mol. The Labute approximate surface area is 155 Å². The van der Waals surface area contributed by atoms with Crippen molar-refractivity contribution >= 4 is 23.2 Å². The maximum atomic E-state index is 12.8. The third-order valence-corrected chi connectivity index (χ3v) is 3.59. The van der Waals surface area contributed by atoms with E-state index in [9.17, 15) is 26.3 Å². The molecule has 0 aliphatic heterocycles. The highest BCUT2D eigenvalue weighted by atomic mass is 35.5. The van der Waals surface area contributed by atoms with E-state index in [1.54, 1.807) is 0 Å². The van der Waals surface area contributed by atoms with Crippen LogP contribution in [-0.2, 0) is 0 Å². The molecule has 2 N–H and O–H groups in total. The Morgan fingerprint density at radius 2 is 1.33 bits per heavy atom. The first-order valence-corrected chi connectivity index (χ1v) is 7.92. The molecule has 0 aliphatic rings. The number of nitrogens with zero attached hydrogens (tertiary/aromatic N) is 3. The second-order valence-electron chi connectivity index (χ2n) is 5.62. The highest BCUT2D eigenvalue weighted by Gasteiger charge is 2.37. The van der Waals surface area contributed by atoms with Crippen LogP contribution >= 0.6 is 11.6 Å². The molecule has 27 heavy (non-hydrogen) atoms. The fraction of sp³-hybridized carbons (Fsp3) is 0.400. The lowest BCUT2D eigenvalue weighted by molar-refractivity contribution is -0.139. The first-order chi connectivity index (χ1) is 12.4. The minimum absolute atomic E-state index is 0.0660. The molecule has 0 fully saturated rings. The lowest BCUT2D eigenvalue weighted by Gasteiger charge is -2.21. The number of hydrogen-bond donors (Lipinski definition) is 2. The maximum Gasteiger partial charge on any atom is 0.408 e. The molecule has 148 valence electrons. The largest absolute Gasteiger partial charge is 0.408 e. The Bertz CT molecular complexity index is 755. The zero-order valence-electron chi connectivity index (χ0n) is 14.0. The van der Waals surface area contributed by atoms with Gasteiger partial charge in [0.25, 0.3) is 0 Å². The number of hydrogen-bond acceptors (Lipinski definition) is 5. The van der Waals surface area contributed by atoms with Crippen LogP contribution < -0.4 is 10.6 Å². The van der Waals surface area contributed by atoms with Crippen molar-refractivity contribution in [1.82, 2.24) is 15.0 Å². The number of aromatic nitrogens is 3. The molecule has 0 amide bonds. The average Bonchev–Trinajstić information content (AvgIpc) is 2.52. The molecule has 2 rings (SSSR count). The molecule has 0 saturated heterocycles. The van der Waals surface area contributed by atoms with E-state index < -0.39 is 24.4 Å². The van der Waals surface area contributed by atoms with Gasteiger partial charge in [-0.15, -0.1) is 0 Å². The maximum absolute atomic E-state index is 12.8. The van der Waals surface area contributed by atoms with Crippen LogP contribution in [0.2, 0.25) is 5.15 Å². The SMILES string of the molecule is C[C@@H](Nc1cc(N[C@H](C)C(F)(F)F)nc(-c2cccc(Cl)n2)n1)C(F)(F)F.